The highest BCUT2D eigenvalue weighted by atomic mass is 35.5. The van der Waals surface area contributed by atoms with Crippen molar-refractivity contribution in [2.24, 2.45) is 0 Å². The van der Waals surface area contributed by atoms with E-state index in [-0.39, 0.29) is 12.3 Å². The Labute approximate surface area is 155 Å². The van der Waals surface area contributed by atoms with Crippen molar-refractivity contribution in [3.05, 3.63) is 52.5 Å². The molecule has 2 aromatic carbocycles. The van der Waals surface area contributed by atoms with Gasteiger partial charge in [-0.3, -0.25) is 9.10 Å². The zero-order chi connectivity index (χ0) is 18.2. The molecule has 1 N–H and O–H groups in total. The number of rotatable bonds is 3. The average Bonchev–Trinajstić information content (AvgIpc) is 2.52. The van der Waals surface area contributed by atoms with Crippen LogP contribution in [0.15, 0.2) is 42.5 Å². The van der Waals surface area contributed by atoms with Gasteiger partial charge in [0.15, 0.2) is 6.10 Å². The van der Waals surface area contributed by atoms with Gasteiger partial charge in [0.05, 0.1) is 18.5 Å². The first-order chi connectivity index (χ1) is 11.7. The van der Waals surface area contributed by atoms with Gasteiger partial charge < -0.3 is 10.1 Å². The Hall–Kier alpha value is -1.96. The Bertz CT molecular complexity index is 933. The van der Waals surface area contributed by atoms with Crippen LogP contribution >= 0.6 is 23.2 Å². The molecular weight excluding hydrogens is 387 g/mol. The molecule has 0 saturated heterocycles. The van der Waals surface area contributed by atoms with Gasteiger partial charge in [0.1, 0.15) is 5.75 Å². The van der Waals surface area contributed by atoms with Crippen LogP contribution in [0, 0.1) is 0 Å². The second-order valence-electron chi connectivity index (χ2n) is 5.51. The second-order valence-corrected chi connectivity index (χ2v) is 8.29. The van der Waals surface area contributed by atoms with Crippen LogP contribution in [0.3, 0.4) is 0 Å². The molecule has 25 heavy (non-hydrogen) atoms. The molecule has 0 bridgehead atoms. The third kappa shape index (κ3) is 4.00. The minimum absolute atomic E-state index is 0.154. The maximum Gasteiger partial charge on any atom is 0.267 e. The van der Waals surface area contributed by atoms with Gasteiger partial charge in [-0.15, -0.1) is 0 Å². The van der Waals surface area contributed by atoms with Crippen molar-refractivity contribution in [1.82, 2.24) is 0 Å². The fourth-order valence-electron chi connectivity index (χ4n) is 2.46. The summed E-state index contributed by atoms with van der Waals surface area (Å²) in [7, 11) is -3.61. The largest absolute Gasteiger partial charge is 0.476 e. The molecule has 1 atom stereocenters. The van der Waals surface area contributed by atoms with Gasteiger partial charge in [-0.25, -0.2) is 8.42 Å². The summed E-state index contributed by atoms with van der Waals surface area (Å²) in [5.41, 5.74) is 0.802. The Morgan fingerprint density at radius 1 is 1.20 bits per heavy atom. The summed E-state index contributed by atoms with van der Waals surface area (Å²) in [6, 6.07) is 11.2. The van der Waals surface area contributed by atoms with E-state index in [0.717, 1.165) is 10.6 Å². The van der Waals surface area contributed by atoms with Gasteiger partial charge in [0.25, 0.3) is 5.91 Å². The van der Waals surface area contributed by atoms with E-state index < -0.39 is 22.0 Å². The number of benzene rings is 2. The minimum atomic E-state index is -3.61. The van der Waals surface area contributed by atoms with Crippen LogP contribution in [-0.2, 0) is 14.8 Å². The van der Waals surface area contributed by atoms with Gasteiger partial charge in [0, 0.05) is 15.7 Å². The standard InChI is InChI=1S/C16H14Cl2N2O4S/c1-25(22,23)20-9-15(24-14-6-5-11(18)8-13(14)20)16(21)19-12-4-2-3-10(17)7-12/h2-8,15H,9H2,1H3,(H,19,21)/t15-/m0/s1. The van der Waals surface area contributed by atoms with Crippen molar-refractivity contribution in [3.8, 4) is 5.75 Å². The highest BCUT2D eigenvalue weighted by molar-refractivity contribution is 7.92. The number of carbonyl (C=O) groups excluding carboxylic acids is 1. The molecule has 9 heteroatoms. The number of amides is 1. The van der Waals surface area contributed by atoms with Crippen molar-refractivity contribution >= 4 is 50.5 Å². The fourth-order valence-corrected chi connectivity index (χ4v) is 3.73. The topological polar surface area (TPSA) is 75.7 Å². The van der Waals surface area contributed by atoms with Crippen LogP contribution in [0.1, 0.15) is 0 Å². The van der Waals surface area contributed by atoms with Gasteiger partial charge in [-0.1, -0.05) is 29.3 Å². The number of anilines is 2. The van der Waals surface area contributed by atoms with E-state index in [4.69, 9.17) is 27.9 Å². The number of nitrogens with zero attached hydrogens (tertiary/aromatic N) is 1. The lowest BCUT2D eigenvalue weighted by atomic mass is 10.2. The summed E-state index contributed by atoms with van der Waals surface area (Å²) in [5.74, 6) is -0.205. The van der Waals surface area contributed by atoms with Crippen molar-refractivity contribution in [1.29, 1.82) is 0 Å². The number of ether oxygens (including phenoxy) is 1. The van der Waals surface area contributed by atoms with E-state index in [0.29, 0.717) is 21.4 Å². The predicted molar refractivity (Wildman–Crippen MR) is 98.1 cm³/mol. The quantitative estimate of drug-likeness (QED) is 0.858. The number of nitrogens with one attached hydrogen (secondary N) is 1. The average molecular weight is 401 g/mol. The molecule has 0 radical (unpaired) electrons. The molecule has 0 aliphatic carbocycles. The Morgan fingerprint density at radius 3 is 2.60 bits per heavy atom. The number of hydrogen-bond donors (Lipinski definition) is 1. The van der Waals surface area contributed by atoms with Gasteiger partial charge in [-0.05, 0) is 36.4 Å². The molecule has 1 amide bonds. The Morgan fingerprint density at radius 2 is 1.92 bits per heavy atom. The zero-order valence-corrected chi connectivity index (χ0v) is 15.4. The SMILES string of the molecule is CS(=O)(=O)N1C[C@@H](C(=O)Nc2cccc(Cl)c2)Oc2ccc(Cl)cc21. The molecule has 6 nitrogen and oxygen atoms in total. The van der Waals surface area contributed by atoms with Crippen LogP contribution in [-0.4, -0.2) is 33.2 Å². The van der Waals surface area contributed by atoms with Crippen molar-refractivity contribution in [2.75, 3.05) is 22.4 Å². The van der Waals surface area contributed by atoms with Crippen molar-refractivity contribution < 1.29 is 17.9 Å². The molecule has 0 unspecified atom stereocenters. The van der Waals surface area contributed by atoms with Crippen LogP contribution < -0.4 is 14.4 Å². The highest BCUT2D eigenvalue weighted by Crippen LogP contribution is 2.37. The van der Waals surface area contributed by atoms with E-state index >= 15 is 0 Å². The first-order valence-electron chi connectivity index (χ1n) is 7.24. The maximum absolute atomic E-state index is 12.5. The normalized spacial score (nSPS) is 16.8. The molecule has 1 aliphatic heterocycles. The lowest BCUT2D eigenvalue weighted by Crippen LogP contribution is -2.48. The number of fused-ring (bicyclic) bond motifs is 1. The summed E-state index contributed by atoms with van der Waals surface area (Å²) < 4.78 is 31.0. The highest BCUT2D eigenvalue weighted by Gasteiger charge is 2.35. The van der Waals surface area contributed by atoms with Crippen LogP contribution in [0.5, 0.6) is 5.75 Å². The lowest BCUT2D eigenvalue weighted by molar-refractivity contribution is -0.122. The summed E-state index contributed by atoms with van der Waals surface area (Å²) >= 11 is 11.8. The third-order valence-electron chi connectivity index (χ3n) is 3.58. The summed E-state index contributed by atoms with van der Waals surface area (Å²) in [6.07, 6.45) is 0.0527. The number of sulfonamides is 1. The third-order valence-corrected chi connectivity index (χ3v) is 5.19. The van der Waals surface area contributed by atoms with E-state index in [1.54, 1.807) is 30.3 Å². The number of hydrogen-bond acceptors (Lipinski definition) is 4. The second kappa shape index (κ2) is 6.74. The van der Waals surface area contributed by atoms with Crippen LogP contribution in [0.25, 0.3) is 0 Å². The molecule has 1 heterocycles. The monoisotopic (exact) mass is 400 g/mol. The molecule has 1 aliphatic rings. The van der Waals surface area contributed by atoms with Crippen molar-refractivity contribution in [3.63, 3.8) is 0 Å². The summed E-state index contributed by atoms with van der Waals surface area (Å²) in [5, 5.41) is 3.52. The maximum atomic E-state index is 12.5. The fraction of sp³-hybridized carbons (Fsp3) is 0.188. The van der Waals surface area contributed by atoms with E-state index in [2.05, 4.69) is 5.32 Å². The lowest BCUT2D eigenvalue weighted by Gasteiger charge is -2.34. The molecule has 2 aromatic rings. The van der Waals surface area contributed by atoms with Gasteiger partial charge in [0.2, 0.25) is 10.0 Å². The van der Waals surface area contributed by atoms with Crippen molar-refractivity contribution in [2.45, 2.75) is 6.10 Å². The molecular formula is C16H14Cl2N2O4S. The molecule has 0 aromatic heterocycles. The van der Waals surface area contributed by atoms with E-state index in [9.17, 15) is 13.2 Å². The molecule has 0 saturated carbocycles. The zero-order valence-electron chi connectivity index (χ0n) is 13.1. The van der Waals surface area contributed by atoms with E-state index in [1.165, 1.54) is 12.1 Å². The van der Waals surface area contributed by atoms with Gasteiger partial charge in [-0.2, -0.15) is 0 Å². The minimum Gasteiger partial charge on any atom is -0.476 e. The van der Waals surface area contributed by atoms with E-state index in [1.807, 2.05) is 0 Å². The summed E-state index contributed by atoms with van der Waals surface area (Å²) in [6.45, 7) is -0.154. The molecule has 0 fully saturated rings. The van der Waals surface area contributed by atoms with Gasteiger partial charge >= 0.3 is 0 Å². The Kier molecular flexibility index (Phi) is 4.81. The predicted octanol–water partition coefficient (Wildman–Crippen LogP) is 3.16. The number of carbonyl (C=O) groups is 1. The first-order valence-corrected chi connectivity index (χ1v) is 9.85. The number of halogens is 2. The summed E-state index contributed by atoms with van der Waals surface area (Å²) in [4.78, 5) is 12.5. The Balaban J connectivity index is 1.89. The smallest absolute Gasteiger partial charge is 0.267 e. The molecule has 3 rings (SSSR count). The van der Waals surface area contributed by atoms with Crippen LogP contribution in [0.4, 0.5) is 11.4 Å². The molecule has 132 valence electrons. The molecule has 0 spiro atoms. The first kappa shape index (κ1) is 17.8. The van der Waals surface area contributed by atoms with Crippen LogP contribution in [0.2, 0.25) is 10.0 Å².